The molecule has 0 fully saturated rings. The van der Waals surface area contributed by atoms with Gasteiger partial charge in [0, 0.05) is 72.1 Å². The maximum atomic E-state index is 11.6. The molecule has 1 amide bonds. The van der Waals surface area contributed by atoms with E-state index in [-0.39, 0.29) is 38.6 Å². The highest BCUT2D eigenvalue weighted by Crippen LogP contribution is 2.08. The summed E-state index contributed by atoms with van der Waals surface area (Å²) in [5, 5.41) is 30.6. The Kier molecular flexibility index (Phi) is 42.2. The van der Waals surface area contributed by atoms with Gasteiger partial charge in [-0.3, -0.25) is 9.59 Å². The third-order valence-corrected chi connectivity index (χ3v) is 15.9. The minimum absolute atomic E-state index is 0.0232. The van der Waals surface area contributed by atoms with E-state index in [2.05, 4.69) is 78.0 Å². The van der Waals surface area contributed by atoms with Gasteiger partial charge < -0.3 is 34.6 Å². The molecule has 0 aromatic heterocycles. The zero-order valence-electron chi connectivity index (χ0n) is 38.1. The highest BCUT2D eigenvalue weighted by atomic mass is 32.2. The van der Waals surface area contributed by atoms with Crippen LogP contribution in [0.25, 0.3) is 0 Å². The van der Waals surface area contributed by atoms with E-state index in [0.717, 1.165) is 24.2 Å². The number of aliphatic hydroxyl groups excluding tert-OH is 3. The second-order valence-electron chi connectivity index (χ2n) is 18.0. The van der Waals surface area contributed by atoms with Crippen LogP contribution in [-0.2, 0) is 19.1 Å². The van der Waals surface area contributed by atoms with Gasteiger partial charge in [0.05, 0.1) is 40.3 Å². The van der Waals surface area contributed by atoms with E-state index in [1.54, 1.807) is 11.9 Å². The molecule has 0 rings (SSSR count). The van der Waals surface area contributed by atoms with Crippen molar-refractivity contribution in [2.45, 2.75) is 151 Å². The highest BCUT2D eigenvalue weighted by molar-refractivity contribution is 8.00. The van der Waals surface area contributed by atoms with Gasteiger partial charge in [-0.2, -0.15) is 11.8 Å². The van der Waals surface area contributed by atoms with Crippen LogP contribution in [0.3, 0.4) is 0 Å². The molecule has 0 saturated heterocycles. The largest absolute Gasteiger partial charge is 0.465 e. The van der Waals surface area contributed by atoms with Crippen LogP contribution in [0.1, 0.15) is 68.2 Å². The average Bonchev–Trinajstić information content (AvgIpc) is 3.01. The number of hydrogen-bond acceptors (Lipinski definition) is 9. The fourth-order valence-electron chi connectivity index (χ4n) is 3.93. The lowest BCUT2D eigenvalue weighted by molar-refractivity contribution is -0.144. The van der Waals surface area contributed by atoms with Gasteiger partial charge in [-0.1, -0.05) is 114 Å². The number of rotatable bonds is 24. The summed E-state index contributed by atoms with van der Waals surface area (Å²) < 4.78 is 10.5. The number of ether oxygens (including phenoxy) is 2. The summed E-state index contributed by atoms with van der Waals surface area (Å²) in [7, 11) is 1.52. The predicted octanol–water partition coefficient (Wildman–Crippen LogP) is 6.14. The quantitative estimate of drug-likeness (QED) is 0.0778. The van der Waals surface area contributed by atoms with E-state index >= 15 is 0 Å². The summed E-state index contributed by atoms with van der Waals surface area (Å²) >= 11 is 2.13. The van der Waals surface area contributed by atoms with Crippen molar-refractivity contribution in [3.8, 4) is 0 Å². The van der Waals surface area contributed by atoms with Crippen LogP contribution >= 0.6 is 11.8 Å². The third kappa shape index (κ3) is 49.9. The van der Waals surface area contributed by atoms with Crippen molar-refractivity contribution < 1.29 is 34.4 Å². The number of aliphatic hydroxyl groups is 3. The Balaban J connectivity index is -0.000000309. The topological polar surface area (TPSA) is 120 Å². The summed E-state index contributed by atoms with van der Waals surface area (Å²) in [5.74, 6) is 3.27. The van der Waals surface area contributed by atoms with Crippen molar-refractivity contribution in [3.05, 3.63) is 0 Å². The van der Waals surface area contributed by atoms with Gasteiger partial charge in [0.1, 0.15) is 0 Å². The molecule has 0 bridgehead atoms. The molecule has 0 aromatic rings. The Hall–Kier alpha value is -0.0425. The van der Waals surface area contributed by atoms with Gasteiger partial charge in [0.25, 0.3) is 0 Å². The average molecular weight is 846 g/mol. The third-order valence-electron chi connectivity index (χ3n) is 7.55. The molecule has 322 valence electrons. The first-order valence-corrected chi connectivity index (χ1v) is 34.2. The maximum Gasteiger partial charge on any atom is 0.305 e. The molecule has 53 heavy (non-hydrogen) atoms. The van der Waals surface area contributed by atoms with Crippen molar-refractivity contribution in [3.63, 3.8) is 0 Å². The van der Waals surface area contributed by atoms with Crippen molar-refractivity contribution >= 4 is 58.8 Å². The SMILES string of the molecule is CC(C)C(O)CN(C)C(=O)CC[SiH](C)C.CC(C)C(O)CN(C)CC(O)COC[SiH](C)C.CC(C)COC(=O)CC[SiH](C)C.CC(C)CSC[SiH](C)C. The molecule has 14 heteroatoms. The smallest absolute Gasteiger partial charge is 0.305 e. The van der Waals surface area contributed by atoms with E-state index in [4.69, 9.17) is 9.47 Å². The molecule has 0 spiro atoms. The summed E-state index contributed by atoms with van der Waals surface area (Å²) in [5.41, 5.74) is 0. The Labute approximate surface area is 340 Å². The van der Waals surface area contributed by atoms with Crippen LogP contribution in [0.2, 0.25) is 64.5 Å². The van der Waals surface area contributed by atoms with Gasteiger partial charge in [-0.15, -0.1) is 0 Å². The van der Waals surface area contributed by atoms with Crippen molar-refractivity contribution in [1.82, 2.24) is 9.80 Å². The number of nitrogens with zero attached hydrogens (tertiary/aromatic N) is 2. The summed E-state index contributed by atoms with van der Waals surface area (Å²) in [6, 6.07) is 2.12. The maximum absolute atomic E-state index is 11.6. The van der Waals surface area contributed by atoms with E-state index in [9.17, 15) is 24.9 Å². The number of carbonyl (C=O) groups excluding carboxylic acids is 2. The van der Waals surface area contributed by atoms with Gasteiger partial charge >= 0.3 is 5.97 Å². The first-order valence-electron chi connectivity index (χ1n) is 20.6. The monoisotopic (exact) mass is 845 g/mol. The van der Waals surface area contributed by atoms with Gasteiger partial charge in [0.2, 0.25) is 5.91 Å². The van der Waals surface area contributed by atoms with Crippen LogP contribution in [-0.4, -0.2) is 155 Å². The fraction of sp³-hybridized carbons (Fsp3) is 0.949. The molecular formula is C39H92N2O7SSi4. The number of thioether (sulfide) groups is 1. The second-order valence-corrected chi connectivity index (χ2v) is 32.7. The molecule has 0 aliphatic heterocycles. The van der Waals surface area contributed by atoms with Crippen molar-refractivity contribution in [1.29, 1.82) is 0 Å². The number of hydrogen-bond donors (Lipinski definition) is 3. The lowest BCUT2D eigenvalue weighted by Gasteiger charge is -2.25. The standard InChI is InChI=1S/C12H29NO3Si.C11H25NO2Si.C9H20O2Si.C7H18SSi/c1-10(2)12(15)7-13(3)6-11(14)8-16-9-17(4)5;1-9(2)10(13)8-12(3)11(14)6-7-15(4)5;1-8(2)7-11-9(10)5-6-12(3)4;1-7(2)5-8-6-9(3)4/h10-12,14-15,17H,6-9H2,1-5H3;9-10,13,15H,6-8H2,1-5H3;8,12H,5-7H2,1-4H3;7,9H,5-6H2,1-4H3. The van der Waals surface area contributed by atoms with Gasteiger partial charge in [-0.25, -0.2) is 0 Å². The molecule has 3 N–H and O–H groups in total. The summed E-state index contributed by atoms with van der Waals surface area (Å²) in [6.07, 6.45) is 0.871. The van der Waals surface area contributed by atoms with Crippen molar-refractivity contribution in [2.75, 3.05) is 64.3 Å². The van der Waals surface area contributed by atoms with E-state index < -0.39 is 38.6 Å². The molecule has 9 nitrogen and oxygen atoms in total. The fourth-order valence-corrected chi connectivity index (χ4v) is 9.08. The Morgan fingerprint density at radius 3 is 1.55 bits per heavy atom. The molecule has 0 saturated carbocycles. The van der Waals surface area contributed by atoms with Crippen LogP contribution in [0.15, 0.2) is 0 Å². The first kappa shape index (κ1) is 59.6. The van der Waals surface area contributed by atoms with E-state index in [1.807, 2.05) is 53.5 Å². The van der Waals surface area contributed by atoms with Gasteiger partial charge in [-0.05, 0) is 47.9 Å². The molecular weight excluding hydrogens is 753 g/mol. The van der Waals surface area contributed by atoms with E-state index in [0.29, 0.717) is 51.6 Å². The number of likely N-dealkylation sites (N-methyl/N-ethyl adjacent to an activating group) is 2. The number of carbonyl (C=O) groups is 2. The second kappa shape index (κ2) is 37.5. The van der Waals surface area contributed by atoms with Crippen LogP contribution in [0.4, 0.5) is 0 Å². The molecule has 3 atom stereocenters. The molecule has 0 aliphatic carbocycles. The molecule has 3 unspecified atom stereocenters. The lowest BCUT2D eigenvalue weighted by Crippen LogP contribution is -2.38. The van der Waals surface area contributed by atoms with Crippen LogP contribution in [0.5, 0.6) is 0 Å². The predicted molar refractivity (Wildman–Crippen MR) is 246 cm³/mol. The summed E-state index contributed by atoms with van der Waals surface area (Å²) in [4.78, 5) is 26.3. The number of esters is 1. The minimum atomic E-state index is -0.689. The zero-order valence-corrected chi connectivity index (χ0v) is 43.5. The highest BCUT2D eigenvalue weighted by Gasteiger charge is 2.17. The Bertz CT molecular complexity index is 820. The Morgan fingerprint density at radius 1 is 0.642 bits per heavy atom. The Morgan fingerprint density at radius 2 is 1.13 bits per heavy atom. The molecule has 0 aliphatic rings. The molecule has 0 heterocycles. The summed E-state index contributed by atoms with van der Waals surface area (Å²) in [6.45, 7) is 37.4. The van der Waals surface area contributed by atoms with Gasteiger partial charge in [0.15, 0.2) is 0 Å². The lowest BCUT2D eigenvalue weighted by atomic mass is 10.1. The zero-order chi connectivity index (χ0) is 42.3. The minimum Gasteiger partial charge on any atom is -0.465 e. The van der Waals surface area contributed by atoms with Crippen LogP contribution in [0, 0.1) is 23.7 Å². The first-order chi connectivity index (χ1) is 24.3. The normalized spacial score (nSPS) is 13.2. The number of amides is 1. The van der Waals surface area contributed by atoms with E-state index in [1.165, 1.54) is 11.1 Å². The van der Waals surface area contributed by atoms with Crippen molar-refractivity contribution in [2.24, 2.45) is 23.7 Å². The molecule has 0 radical (unpaired) electrons. The van der Waals surface area contributed by atoms with Crippen LogP contribution < -0.4 is 0 Å². The molecule has 0 aromatic carbocycles.